The van der Waals surface area contributed by atoms with Crippen molar-refractivity contribution in [3.05, 3.63) is 11.3 Å². The van der Waals surface area contributed by atoms with Crippen molar-refractivity contribution in [2.24, 2.45) is 12.8 Å². The van der Waals surface area contributed by atoms with Gasteiger partial charge in [-0.05, 0) is 19.8 Å². The Labute approximate surface area is 111 Å². The third-order valence-electron chi connectivity index (χ3n) is 4.22. The lowest BCUT2D eigenvalue weighted by Crippen LogP contribution is -2.42. The zero-order chi connectivity index (χ0) is 14.3. The van der Waals surface area contributed by atoms with E-state index in [2.05, 4.69) is 5.10 Å². The molecule has 1 fully saturated rings. The molecule has 0 atom stereocenters. The first-order valence-electron chi connectivity index (χ1n) is 6.51. The van der Waals surface area contributed by atoms with Gasteiger partial charge >= 0.3 is 0 Å². The average Bonchev–Trinajstić information content (AvgIpc) is 2.65. The third-order valence-corrected chi connectivity index (χ3v) is 4.22. The van der Waals surface area contributed by atoms with Crippen LogP contribution in [0.5, 0.6) is 5.88 Å². The molecule has 4 nitrogen and oxygen atoms in total. The van der Waals surface area contributed by atoms with Crippen LogP contribution in [0.2, 0.25) is 0 Å². The zero-order valence-electron chi connectivity index (χ0n) is 11.7. The fourth-order valence-corrected chi connectivity index (χ4v) is 3.13. The number of nitrogens with two attached hydrogens (primary N) is 1. The van der Waals surface area contributed by atoms with Gasteiger partial charge in [0.15, 0.2) is 0 Å². The van der Waals surface area contributed by atoms with Crippen molar-refractivity contribution in [1.29, 1.82) is 0 Å². The van der Waals surface area contributed by atoms with Gasteiger partial charge in [-0.25, -0.2) is 13.5 Å². The topological polar surface area (TPSA) is 53.1 Å². The predicted molar refractivity (Wildman–Crippen MR) is 68.6 cm³/mol. The van der Waals surface area contributed by atoms with Gasteiger partial charge in [-0.1, -0.05) is 0 Å². The number of nitrogens with zero attached hydrogens (tertiary/aromatic N) is 2. The Morgan fingerprint density at radius 3 is 2.37 bits per heavy atom. The SMILES string of the molecule is COc1c(C2(CN)CCC(F)(F)CC2)c(C)nn1C. The van der Waals surface area contributed by atoms with Crippen LogP contribution in [0.25, 0.3) is 0 Å². The van der Waals surface area contributed by atoms with Crippen molar-refractivity contribution in [1.82, 2.24) is 9.78 Å². The Morgan fingerprint density at radius 1 is 1.32 bits per heavy atom. The first-order valence-corrected chi connectivity index (χ1v) is 6.51. The minimum absolute atomic E-state index is 0.123. The summed E-state index contributed by atoms with van der Waals surface area (Å²) in [6.07, 6.45) is 0.502. The molecule has 2 rings (SSSR count). The van der Waals surface area contributed by atoms with Gasteiger partial charge in [0.1, 0.15) is 0 Å². The van der Waals surface area contributed by atoms with Crippen LogP contribution in [0.4, 0.5) is 8.78 Å². The molecular formula is C13H21F2N3O. The molecular weight excluding hydrogens is 252 g/mol. The molecule has 1 aromatic rings. The van der Waals surface area contributed by atoms with Gasteiger partial charge in [0.25, 0.3) is 0 Å². The molecule has 6 heteroatoms. The number of hydrogen-bond acceptors (Lipinski definition) is 3. The highest BCUT2D eigenvalue weighted by molar-refractivity contribution is 5.40. The van der Waals surface area contributed by atoms with Gasteiger partial charge in [-0.2, -0.15) is 5.10 Å². The van der Waals surface area contributed by atoms with Gasteiger partial charge < -0.3 is 10.5 Å². The molecule has 0 bridgehead atoms. The monoisotopic (exact) mass is 273 g/mol. The second kappa shape index (κ2) is 4.74. The number of rotatable bonds is 3. The Bertz CT molecular complexity index is 461. The molecule has 0 saturated heterocycles. The molecule has 0 radical (unpaired) electrons. The number of alkyl halides is 2. The zero-order valence-corrected chi connectivity index (χ0v) is 11.7. The summed E-state index contributed by atoms with van der Waals surface area (Å²) in [4.78, 5) is 0. The van der Waals surface area contributed by atoms with Crippen molar-refractivity contribution in [2.75, 3.05) is 13.7 Å². The number of ether oxygens (including phenoxy) is 1. The lowest BCUT2D eigenvalue weighted by molar-refractivity contribution is -0.0512. The Balaban J connectivity index is 2.43. The maximum absolute atomic E-state index is 13.4. The van der Waals surface area contributed by atoms with Crippen LogP contribution in [0.15, 0.2) is 0 Å². The van der Waals surface area contributed by atoms with E-state index in [1.54, 1.807) is 18.8 Å². The highest BCUT2D eigenvalue weighted by atomic mass is 19.3. The summed E-state index contributed by atoms with van der Waals surface area (Å²) >= 11 is 0. The predicted octanol–water partition coefficient (Wildman–Crippen LogP) is 2.14. The summed E-state index contributed by atoms with van der Waals surface area (Å²) in [6, 6.07) is 0. The fraction of sp³-hybridized carbons (Fsp3) is 0.769. The summed E-state index contributed by atoms with van der Waals surface area (Å²) in [5.41, 5.74) is 7.20. The minimum Gasteiger partial charge on any atom is -0.481 e. The average molecular weight is 273 g/mol. The first-order chi connectivity index (χ1) is 8.85. The van der Waals surface area contributed by atoms with Crippen LogP contribution < -0.4 is 10.5 Å². The summed E-state index contributed by atoms with van der Waals surface area (Å²) in [6.45, 7) is 2.22. The normalized spacial score (nSPS) is 21.4. The molecule has 1 heterocycles. The number of methoxy groups -OCH3 is 1. The minimum atomic E-state index is -2.57. The van der Waals surface area contributed by atoms with Crippen molar-refractivity contribution >= 4 is 0 Å². The third kappa shape index (κ3) is 2.33. The molecule has 2 N–H and O–H groups in total. The number of aromatic nitrogens is 2. The molecule has 0 unspecified atom stereocenters. The quantitative estimate of drug-likeness (QED) is 0.918. The van der Waals surface area contributed by atoms with E-state index < -0.39 is 11.3 Å². The largest absolute Gasteiger partial charge is 0.481 e. The van der Waals surface area contributed by atoms with Gasteiger partial charge in [-0.3, -0.25) is 0 Å². The van der Waals surface area contributed by atoms with Crippen LogP contribution >= 0.6 is 0 Å². The van der Waals surface area contributed by atoms with Crippen LogP contribution in [-0.4, -0.2) is 29.4 Å². The van der Waals surface area contributed by atoms with Crippen molar-refractivity contribution in [3.8, 4) is 5.88 Å². The molecule has 0 aliphatic heterocycles. The van der Waals surface area contributed by atoms with Crippen molar-refractivity contribution in [3.63, 3.8) is 0 Å². The highest BCUT2D eigenvalue weighted by Crippen LogP contribution is 2.48. The van der Waals surface area contributed by atoms with Gasteiger partial charge in [0.2, 0.25) is 11.8 Å². The van der Waals surface area contributed by atoms with Crippen LogP contribution in [0, 0.1) is 6.92 Å². The van der Waals surface area contributed by atoms with Crippen molar-refractivity contribution < 1.29 is 13.5 Å². The van der Waals surface area contributed by atoms with Crippen LogP contribution in [0.3, 0.4) is 0 Å². The summed E-state index contributed by atoms with van der Waals surface area (Å²) in [5.74, 6) is -1.93. The van der Waals surface area contributed by atoms with Gasteiger partial charge in [0, 0.05) is 37.4 Å². The number of halogens is 2. The van der Waals surface area contributed by atoms with Gasteiger partial charge in [-0.15, -0.1) is 0 Å². The smallest absolute Gasteiger partial charge is 0.248 e. The molecule has 0 spiro atoms. The summed E-state index contributed by atoms with van der Waals surface area (Å²) < 4.78 is 33.8. The standard InChI is InChI=1S/C13H21F2N3O/c1-9-10(11(19-3)18(2)17-9)12(8-16)4-6-13(14,15)7-5-12/h4-8,16H2,1-3H3. The van der Waals surface area contributed by atoms with Crippen molar-refractivity contribution in [2.45, 2.75) is 43.9 Å². The van der Waals surface area contributed by atoms with Crippen LogP contribution in [0.1, 0.15) is 36.9 Å². The Morgan fingerprint density at radius 2 is 1.89 bits per heavy atom. The molecule has 0 amide bonds. The first kappa shape index (κ1) is 14.2. The molecule has 108 valence electrons. The fourth-order valence-electron chi connectivity index (χ4n) is 3.13. The Hall–Kier alpha value is -1.17. The maximum atomic E-state index is 13.4. The molecule has 19 heavy (non-hydrogen) atoms. The second-order valence-electron chi connectivity index (χ2n) is 5.43. The van der Waals surface area contributed by atoms with E-state index in [1.165, 1.54) is 0 Å². The van der Waals surface area contributed by atoms with Crippen LogP contribution in [-0.2, 0) is 12.5 Å². The Kier molecular flexibility index (Phi) is 3.55. The molecule has 1 aliphatic rings. The van der Waals surface area contributed by atoms with E-state index in [1.807, 2.05) is 6.92 Å². The highest BCUT2D eigenvalue weighted by Gasteiger charge is 2.46. The lowest BCUT2D eigenvalue weighted by atomic mass is 9.68. The van der Waals surface area contributed by atoms with Gasteiger partial charge in [0.05, 0.1) is 12.8 Å². The molecule has 1 aliphatic carbocycles. The second-order valence-corrected chi connectivity index (χ2v) is 5.43. The maximum Gasteiger partial charge on any atom is 0.248 e. The van der Waals surface area contributed by atoms with E-state index in [9.17, 15) is 8.78 Å². The van der Waals surface area contributed by atoms with E-state index in [0.29, 0.717) is 25.3 Å². The summed E-state index contributed by atoms with van der Waals surface area (Å²) in [5, 5.41) is 4.33. The number of aryl methyl sites for hydroxylation is 2. The number of hydrogen-bond donors (Lipinski definition) is 1. The van der Waals surface area contributed by atoms with E-state index >= 15 is 0 Å². The summed E-state index contributed by atoms with van der Waals surface area (Å²) in [7, 11) is 3.36. The van der Waals surface area contributed by atoms with E-state index in [-0.39, 0.29) is 12.8 Å². The molecule has 1 saturated carbocycles. The van der Waals surface area contributed by atoms with E-state index in [4.69, 9.17) is 10.5 Å². The van der Waals surface area contributed by atoms with E-state index in [0.717, 1.165) is 11.3 Å². The molecule has 0 aromatic carbocycles. The molecule has 1 aromatic heterocycles. The lowest BCUT2D eigenvalue weighted by Gasteiger charge is -2.39.